The molecule has 0 N–H and O–H groups in total. The van der Waals surface area contributed by atoms with Crippen LogP contribution < -0.4 is 4.90 Å². The summed E-state index contributed by atoms with van der Waals surface area (Å²) < 4.78 is 0. The maximum absolute atomic E-state index is 12.7. The molecule has 3 nitrogen and oxygen atoms in total. The van der Waals surface area contributed by atoms with Crippen molar-refractivity contribution in [3.63, 3.8) is 0 Å². The highest BCUT2D eigenvalue weighted by Gasteiger charge is 2.17. The second-order valence-corrected chi connectivity index (χ2v) is 4.78. The van der Waals surface area contributed by atoms with Crippen molar-refractivity contribution < 1.29 is 4.79 Å². The largest absolute Gasteiger partial charge is 0.308 e. The van der Waals surface area contributed by atoms with Gasteiger partial charge in [-0.2, -0.15) is 0 Å². The molecule has 0 fully saturated rings. The average Bonchev–Trinajstić information content (AvgIpc) is 2.56. The van der Waals surface area contributed by atoms with Gasteiger partial charge in [-0.3, -0.25) is 9.78 Å². The van der Waals surface area contributed by atoms with Gasteiger partial charge in [-0.05, 0) is 30.5 Å². The zero-order chi connectivity index (χ0) is 14.7. The number of hydrogen-bond acceptors (Lipinski definition) is 2. The molecule has 1 amide bonds. The Bertz CT molecular complexity index is 763. The molecule has 0 atom stereocenters. The quantitative estimate of drug-likeness (QED) is 0.727. The van der Waals surface area contributed by atoms with E-state index in [1.165, 1.54) is 0 Å². The number of fused-ring (bicyclic) bond motifs is 1. The zero-order valence-electron chi connectivity index (χ0n) is 11.9. The molecule has 0 radical (unpaired) electrons. The number of benzene rings is 2. The van der Waals surface area contributed by atoms with Gasteiger partial charge in [-0.1, -0.05) is 36.4 Å². The smallest absolute Gasteiger partial charge is 0.258 e. The first kappa shape index (κ1) is 13.3. The Morgan fingerprint density at radius 3 is 2.48 bits per heavy atom. The highest BCUT2D eigenvalue weighted by atomic mass is 16.2. The molecule has 0 unspecified atom stereocenters. The molecule has 0 saturated carbocycles. The van der Waals surface area contributed by atoms with Gasteiger partial charge in [0.15, 0.2) is 0 Å². The third kappa shape index (κ3) is 2.50. The molecule has 3 heteroatoms. The van der Waals surface area contributed by atoms with Crippen molar-refractivity contribution >= 4 is 22.4 Å². The number of rotatable bonds is 3. The topological polar surface area (TPSA) is 33.2 Å². The van der Waals surface area contributed by atoms with Crippen LogP contribution >= 0.6 is 0 Å². The molecule has 21 heavy (non-hydrogen) atoms. The number of anilines is 1. The Morgan fingerprint density at radius 1 is 1.00 bits per heavy atom. The lowest BCUT2D eigenvalue weighted by Crippen LogP contribution is -2.30. The van der Waals surface area contributed by atoms with Crippen molar-refractivity contribution in [3.8, 4) is 0 Å². The summed E-state index contributed by atoms with van der Waals surface area (Å²) in [5.74, 6) is -0.00347. The van der Waals surface area contributed by atoms with Crippen molar-refractivity contribution in [2.24, 2.45) is 0 Å². The zero-order valence-corrected chi connectivity index (χ0v) is 11.9. The van der Waals surface area contributed by atoms with Crippen LogP contribution in [0.3, 0.4) is 0 Å². The van der Waals surface area contributed by atoms with Crippen molar-refractivity contribution in [2.75, 3.05) is 11.4 Å². The standard InChI is InChI=1S/C18H16N2O/c1-2-20(18(21)15-10-12-19-13-11-15)17-9-5-7-14-6-3-4-8-16(14)17/h3-13H,2H2,1H3. The van der Waals surface area contributed by atoms with E-state index in [4.69, 9.17) is 0 Å². The normalized spacial score (nSPS) is 10.5. The summed E-state index contributed by atoms with van der Waals surface area (Å²) in [5.41, 5.74) is 1.59. The van der Waals surface area contributed by atoms with Gasteiger partial charge >= 0.3 is 0 Å². The van der Waals surface area contributed by atoms with E-state index in [1.807, 2.05) is 37.3 Å². The summed E-state index contributed by atoms with van der Waals surface area (Å²) in [4.78, 5) is 18.5. The van der Waals surface area contributed by atoms with Crippen molar-refractivity contribution in [1.29, 1.82) is 0 Å². The molecule has 3 aromatic rings. The summed E-state index contributed by atoms with van der Waals surface area (Å²) in [6.45, 7) is 2.61. The lowest BCUT2D eigenvalue weighted by molar-refractivity contribution is 0.0988. The van der Waals surface area contributed by atoms with Crippen LogP contribution in [0.4, 0.5) is 5.69 Å². The number of amides is 1. The van der Waals surface area contributed by atoms with Crippen LogP contribution in [-0.2, 0) is 0 Å². The van der Waals surface area contributed by atoms with Crippen LogP contribution in [0.15, 0.2) is 67.0 Å². The second kappa shape index (κ2) is 5.75. The van der Waals surface area contributed by atoms with Crippen LogP contribution in [0, 0.1) is 0 Å². The third-order valence-corrected chi connectivity index (χ3v) is 3.55. The van der Waals surface area contributed by atoms with Gasteiger partial charge in [0.2, 0.25) is 0 Å². The predicted molar refractivity (Wildman–Crippen MR) is 85.5 cm³/mol. The maximum Gasteiger partial charge on any atom is 0.258 e. The molecular formula is C18H16N2O. The Balaban J connectivity index is 2.09. The molecule has 0 bridgehead atoms. The number of pyridine rings is 1. The highest BCUT2D eigenvalue weighted by Crippen LogP contribution is 2.27. The van der Waals surface area contributed by atoms with Crippen LogP contribution in [0.25, 0.3) is 10.8 Å². The van der Waals surface area contributed by atoms with Gasteiger partial charge in [0.05, 0.1) is 5.69 Å². The minimum absolute atomic E-state index is 0.00347. The molecule has 0 spiro atoms. The van der Waals surface area contributed by atoms with E-state index in [1.54, 1.807) is 29.4 Å². The summed E-state index contributed by atoms with van der Waals surface area (Å²) in [5, 5.41) is 2.22. The SMILES string of the molecule is CCN(C(=O)c1ccncc1)c1cccc2ccccc12. The molecule has 0 aliphatic heterocycles. The van der Waals surface area contributed by atoms with Gasteiger partial charge < -0.3 is 4.90 Å². The van der Waals surface area contributed by atoms with Crippen molar-refractivity contribution in [3.05, 3.63) is 72.6 Å². The fourth-order valence-electron chi connectivity index (χ4n) is 2.52. The molecule has 3 rings (SSSR count). The summed E-state index contributed by atoms with van der Waals surface area (Å²) >= 11 is 0. The number of carbonyl (C=O) groups excluding carboxylic acids is 1. The van der Waals surface area contributed by atoms with Crippen LogP contribution in [-0.4, -0.2) is 17.4 Å². The molecule has 104 valence electrons. The minimum Gasteiger partial charge on any atom is -0.308 e. The van der Waals surface area contributed by atoms with E-state index in [0.717, 1.165) is 16.5 Å². The van der Waals surface area contributed by atoms with Crippen molar-refractivity contribution in [2.45, 2.75) is 6.92 Å². The van der Waals surface area contributed by atoms with E-state index in [0.29, 0.717) is 12.1 Å². The Kier molecular flexibility index (Phi) is 3.65. The number of nitrogens with zero attached hydrogens (tertiary/aromatic N) is 2. The first-order valence-electron chi connectivity index (χ1n) is 7.01. The van der Waals surface area contributed by atoms with Crippen molar-refractivity contribution in [1.82, 2.24) is 4.98 Å². The van der Waals surface area contributed by atoms with Crippen LogP contribution in [0.1, 0.15) is 17.3 Å². The monoisotopic (exact) mass is 276 g/mol. The Labute approximate surface area is 123 Å². The first-order chi connectivity index (χ1) is 10.3. The van der Waals surface area contributed by atoms with Gasteiger partial charge in [-0.15, -0.1) is 0 Å². The molecular weight excluding hydrogens is 260 g/mol. The second-order valence-electron chi connectivity index (χ2n) is 4.78. The van der Waals surface area contributed by atoms with Gasteiger partial charge in [0.1, 0.15) is 0 Å². The van der Waals surface area contributed by atoms with Gasteiger partial charge in [0.25, 0.3) is 5.91 Å². The fourth-order valence-corrected chi connectivity index (χ4v) is 2.52. The van der Waals surface area contributed by atoms with E-state index in [2.05, 4.69) is 17.1 Å². The molecule has 1 heterocycles. The van der Waals surface area contributed by atoms with Crippen LogP contribution in [0.5, 0.6) is 0 Å². The lowest BCUT2D eigenvalue weighted by atomic mass is 10.1. The first-order valence-corrected chi connectivity index (χ1v) is 7.01. The van der Waals surface area contributed by atoms with Gasteiger partial charge in [0, 0.05) is 29.9 Å². The molecule has 0 saturated heterocycles. The molecule has 2 aromatic carbocycles. The fraction of sp³-hybridized carbons (Fsp3) is 0.111. The molecule has 0 aliphatic rings. The lowest BCUT2D eigenvalue weighted by Gasteiger charge is -2.22. The summed E-state index contributed by atoms with van der Waals surface area (Å²) in [7, 11) is 0. The predicted octanol–water partition coefficient (Wildman–Crippen LogP) is 3.90. The number of aromatic nitrogens is 1. The van der Waals surface area contributed by atoms with Gasteiger partial charge in [-0.25, -0.2) is 0 Å². The van der Waals surface area contributed by atoms with Crippen LogP contribution in [0.2, 0.25) is 0 Å². The Hall–Kier alpha value is -2.68. The minimum atomic E-state index is -0.00347. The van der Waals surface area contributed by atoms with E-state index in [-0.39, 0.29) is 5.91 Å². The Morgan fingerprint density at radius 2 is 1.71 bits per heavy atom. The van der Waals surface area contributed by atoms with E-state index >= 15 is 0 Å². The maximum atomic E-state index is 12.7. The third-order valence-electron chi connectivity index (χ3n) is 3.55. The number of hydrogen-bond donors (Lipinski definition) is 0. The highest BCUT2D eigenvalue weighted by molar-refractivity contribution is 6.10. The van der Waals surface area contributed by atoms with E-state index < -0.39 is 0 Å². The number of carbonyl (C=O) groups is 1. The van der Waals surface area contributed by atoms with E-state index in [9.17, 15) is 4.79 Å². The summed E-state index contributed by atoms with van der Waals surface area (Å²) in [6.07, 6.45) is 3.29. The molecule has 0 aliphatic carbocycles. The summed E-state index contributed by atoms with van der Waals surface area (Å²) in [6, 6.07) is 17.6. The molecule has 1 aromatic heterocycles. The average molecular weight is 276 g/mol.